The molecule has 1 aliphatic carbocycles. The zero-order valence-corrected chi connectivity index (χ0v) is 18.6. The summed E-state index contributed by atoms with van der Waals surface area (Å²) in [4.78, 5) is 29.4. The highest BCUT2D eigenvalue weighted by molar-refractivity contribution is 6.14. The van der Waals surface area contributed by atoms with Gasteiger partial charge in [-0.1, -0.05) is 49.6 Å². The van der Waals surface area contributed by atoms with Crippen LogP contribution in [0.25, 0.3) is 10.9 Å². The molecule has 6 heteroatoms. The number of methoxy groups -OCH3 is 1. The molecule has 166 valence electrons. The molecule has 1 aromatic heterocycles. The number of aromatic nitrogens is 1. The normalized spacial score (nSPS) is 21.4. The third kappa shape index (κ3) is 3.25. The Morgan fingerprint density at radius 3 is 2.56 bits per heavy atom. The van der Waals surface area contributed by atoms with Crippen molar-refractivity contribution in [1.82, 2.24) is 9.88 Å². The van der Waals surface area contributed by atoms with Crippen LogP contribution in [0.3, 0.4) is 0 Å². The molecule has 0 radical (unpaired) electrons. The summed E-state index contributed by atoms with van der Waals surface area (Å²) in [5, 5.41) is 4.26. The van der Waals surface area contributed by atoms with E-state index >= 15 is 0 Å². The maximum Gasteiger partial charge on any atom is 0.276 e. The Hall–Kier alpha value is -3.28. The molecule has 0 unspecified atom stereocenters. The Bertz CT molecular complexity index is 1180. The van der Waals surface area contributed by atoms with E-state index in [2.05, 4.69) is 5.32 Å². The first-order valence-corrected chi connectivity index (χ1v) is 11.4. The topological polar surface area (TPSA) is 63.6 Å². The van der Waals surface area contributed by atoms with Crippen molar-refractivity contribution in [3.05, 3.63) is 60.3 Å². The van der Waals surface area contributed by atoms with Gasteiger partial charge in [-0.3, -0.25) is 14.5 Å². The summed E-state index contributed by atoms with van der Waals surface area (Å²) in [6, 6.07) is 17.4. The van der Waals surface area contributed by atoms with Gasteiger partial charge in [0.25, 0.3) is 5.91 Å². The highest BCUT2D eigenvalue weighted by Crippen LogP contribution is 2.40. The Balaban J connectivity index is 1.64. The largest absolute Gasteiger partial charge is 0.495 e. The van der Waals surface area contributed by atoms with Crippen LogP contribution in [0.1, 0.15) is 49.5 Å². The number of amides is 2. The number of hydrogen-bond donors (Lipinski definition) is 1. The summed E-state index contributed by atoms with van der Waals surface area (Å²) in [5.74, 6) is 0.257. The van der Waals surface area contributed by atoms with Crippen molar-refractivity contribution in [2.75, 3.05) is 12.0 Å². The molecule has 5 rings (SSSR count). The second-order valence-electron chi connectivity index (χ2n) is 9.07. The average Bonchev–Trinajstić information content (AvgIpc) is 3.19. The summed E-state index contributed by atoms with van der Waals surface area (Å²) in [6.45, 7) is 2.24. The average molecular weight is 432 g/mol. The fourth-order valence-electron chi connectivity index (χ4n) is 5.23. The number of fused-ring (bicyclic) bond motifs is 3. The lowest BCUT2D eigenvalue weighted by Gasteiger charge is -2.45. The molecule has 1 aliphatic heterocycles. The molecule has 2 aliphatic rings. The molecule has 1 N–H and O–H groups in total. The monoisotopic (exact) mass is 431 g/mol. The first kappa shape index (κ1) is 20.6. The number of ether oxygens (including phenoxy) is 1. The Morgan fingerprint density at radius 1 is 1.06 bits per heavy atom. The van der Waals surface area contributed by atoms with Crippen molar-refractivity contribution in [3.63, 3.8) is 0 Å². The predicted molar refractivity (Wildman–Crippen MR) is 125 cm³/mol. The molecule has 1 saturated carbocycles. The zero-order chi connectivity index (χ0) is 22.3. The molecule has 1 atom stereocenters. The van der Waals surface area contributed by atoms with Gasteiger partial charge in [-0.2, -0.15) is 0 Å². The molecule has 1 fully saturated rings. The predicted octanol–water partition coefficient (Wildman–Crippen LogP) is 4.52. The summed E-state index contributed by atoms with van der Waals surface area (Å²) < 4.78 is 7.57. The molecule has 0 saturated heterocycles. The minimum absolute atomic E-state index is 0.118. The first-order valence-electron chi connectivity index (χ1n) is 11.4. The van der Waals surface area contributed by atoms with E-state index in [1.807, 2.05) is 66.1 Å². The Morgan fingerprint density at radius 2 is 1.78 bits per heavy atom. The van der Waals surface area contributed by atoms with Gasteiger partial charge in [0.15, 0.2) is 0 Å². The lowest BCUT2D eigenvalue weighted by molar-refractivity contribution is -0.127. The van der Waals surface area contributed by atoms with Gasteiger partial charge < -0.3 is 14.6 Å². The second-order valence-corrected chi connectivity index (χ2v) is 9.07. The van der Waals surface area contributed by atoms with Gasteiger partial charge in [0, 0.05) is 16.9 Å². The van der Waals surface area contributed by atoms with Crippen molar-refractivity contribution in [2.45, 2.75) is 57.2 Å². The number of hydrogen-bond acceptors (Lipinski definition) is 3. The fraction of sp³-hybridized carbons (Fsp3) is 0.385. The number of anilines is 1. The van der Waals surface area contributed by atoms with E-state index in [1.165, 1.54) is 6.42 Å². The van der Waals surface area contributed by atoms with E-state index in [4.69, 9.17) is 4.74 Å². The van der Waals surface area contributed by atoms with Crippen molar-refractivity contribution >= 4 is 28.4 Å². The molecule has 6 nitrogen and oxygen atoms in total. The molecular weight excluding hydrogens is 402 g/mol. The summed E-state index contributed by atoms with van der Waals surface area (Å²) in [7, 11) is 1.59. The van der Waals surface area contributed by atoms with Gasteiger partial charge in [-0.25, -0.2) is 0 Å². The van der Waals surface area contributed by atoms with Gasteiger partial charge in [0.05, 0.1) is 19.3 Å². The van der Waals surface area contributed by atoms with Crippen LogP contribution in [-0.4, -0.2) is 35.1 Å². The SMILES string of the molecule is COc1ccccc1N1C(=O)c2cc3ccccc3n2C[C@@]1(C)C(=O)NC1CCCCC1. The molecule has 0 bridgehead atoms. The maximum absolute atomic E-state index is 13.9. The highest BCUT2D eigenvalue weighted by atomic mass is 16.5. The van der Waals surface area contributed by atoms with Crippen molar-refractivity contribution in [1.29, 1.82) is 0 Å². The second kappa shape index (κ2) is 8.01. The summed E-state index contributed by atoms with van der Waals surface area (Å²) in [5.41, 5.74) is 1.06. The first-order chi connectivity index (χ1) is 15.5. The number of benzene rings is 2. The number of nitrogens with one attached hydrogen (secondary N) is 1. The Kier molecular flexibility index (Phi) is 5.16. The molecule has 0 spiro atoms. The van der Waals surface area contributed by atoms with Crippen LogP contribution < -0.4 is 15.0 Å². The molecule has 2 heterocycles. The van der Waals surface area contributed by atoms with E-state index in [0.29, 0.717) is 23.7 Å². The van der Waals surface area contributed by atoms with Crippen LogP contribution in [0.2, 0.25) is 0 Å². The zero-order valence-electron chi connectivity index (χ0n) is 18.6. The van der Waals surface area contributed by atoms with Crippen LogP contribution in [-0.2, 0) is 11.3 Å². The number of carbonyl (C=O) groups is 2. The molecule has 32 heavy (non-hydrogen) atoms. The van der Waals surface area contributed by atoms with Crippen LogP contribution in [0.5, 0.6) is 5.75 Å². The van der Waals surface area contributed by atoms with Crippen LogP contribution >= 0.6 is 0 Å². The maximum atomic E-state index is 13.9. The molecule has 2 aromatic carbocycles. The smallest absolute Gasteiger partial charge is 0.276 e. The van der Waals surface area contributed by atoms with Gasteiger partial charge in [0.2, 0.25) is 5.91 Å². The molecule has 3 aromatic rings. The third-order valence-electron chi connectivity index (χ3n) is 6.95. The van der Waals surface area contributed by atoms with Crippen molar-refractivity contribution in [2.24, 2.45) is 0 Å². The van der Waals surface area contributed by atoms with E-state index in [-0.39, 0.29) is 17.9 Å². The number of carbonyl (C=O) groups excluding carboxylic acids is 2. The number of rotatable bonds is 4. The van der Waals surface area contributed by atoms with Gasteiger partial charge in [-0.05, 0) is 44.0 Å². The van der Waals surface area contributed by atoms with E-state index in [0.717, 1.165) is 36.6 Å². The minimum Gasteiger partial charge on any atom is -0.495 e. The molecule has 2 amide bonds. The number of nitrogens with zero attached hydrogens (tertiary/aromatic N) is 2. The standard InChI is InChI=1S/C26H29N3O3/c1-26(25(31)27-19-11-4-3-5-12-19)17-28-20-13-7-6-10-18(20)16-22(28)24(30)29(26)21-14-8-9-15-23(21)32-2/h6-10,13-16,19H,3-5,11-12,17H2,1-2H3,(H,27,31)/t26-/m0/s1. The van der Waals surface area contributed by atoms with Crippen molar-refractivity contribution < 1.29 is 14.3 Å². The summed E-state index contributed by atoms with van der Waals surface area (Å²) >= 11 is 0. The molecular formula is C26H29N3O3. The fourth-order valence-corrected chi connectivity index (χ4v) is 5.23. The van der Waals surface area contributed by atoms with Crippen LogP contribution in [0.4, 0.5) is 5.69 Å². The van der Waals surface area contributed by atoms with E-state index < -0.39 is 5.54 Å². The van der Waals surface area contributed by atoms with Crippen molar-refractivity contribution in [3.8, 4) is 5.75 Å². The van der Waals surface area contributed by atoms with Crippen LogP contribution in [0.15, 0.2) is 54.6 Å². The quantitative estimate of drug-likeness (QED) is 0.661. The summed E-state index contributed by atoms with van der Waals surface area (Å²) in [6.07, 6.45) is 5.45. The lowest BCUT2D eigenvalue weighted by atomic mass is 9.91. The van der Waals surface area contributed by atoms with Gasteiger partial charge >= 0.3 is 0 Å². The lowest BCUT2D eigenvalue weighted by Crippen LogP contribution is -2.65. The highest BCUT2D eigenvalue weighted by Gasteiger charge is 2.49. The van der Waals surface area contributed by atoms with Crippen LogP contribution in [0, 0.1) is 0 Å². The Labute approximate surface area is 188 Å². The van der Waals surface area contributed by atoms with E-state index in [1.54, 1.807) is 12.0 Å². The third-order valence-corrected chi connectivity index (χ3v) is 6.95. The van der Waals surface area contributed by atoms with Gasteiger partial charge in [-0.15, -0.1) is 0 Å². The minimum atomic E-state index is -1.10. The number of para-hydroxylation sites is 3. The van der Waals surface area contributed by atoms with Gasteiger partial charge in [0.1, 0.15) is 17.0 Å². The van der Waals surface area contributed by atoms with E-state index in [9.17, 15) is 9.59 Å².